The molecule has 1 aliphatic carbocycles. The van der Waals surface area contributed by atoms with Crippen LogP contribution in [0.5, 0.6) is 0 Å². The normalized spacial score (nSPS) is 28.0. The molecule has 16 heavy (non-hydrogen) atoms. The van der Waals surface area contributed by atoms with Crippen LogP contribution in [-0.2, 0) is 14.6 Å². The van der Waals surface area contributed by atoms with Gasteiger partial charge in [-0.2, -0.15) is 5.10 Å². The molecule has 1 saturated heterocycles. The summed E-state index contributed by atoms with van der Waals surface area (Å²) in [5.74, 6) is -0.554. The first-order chi connectivity index (χ1) is 7.57. The first-order valence-electron chi connectivity index (χ1n) is 5.62. The molecule has 0 radical (unpaired) electrons. The number of nitrogens with zero attached hydrogens (tertiary/aromatic N) is 1. The first kappa shape index (κ1) is 11.6. The molecule has 1 heterocycles. The second kappa shape index (κ2) is 4.53. The summed E-state index contributed by atoms with van der Waals surface area (Å²) in [5.41, 5.74) is 3.51. The van der Waals surface area contributed by atoms with Crippen LogP contribution < -0.4 is 5.43 Å². The SMILES string of the molecule is O=C(NN=C1CCCC1)[C@@H]1CCS(=O)(=O)C1. The van der Waals surface area contributed by atoms with E-state index in [0.29, 0.717) is 6.42 Å². The van der Waals surface area contributed by atoms with E-state index < -0.39 is 15.8 Å². The number of sulfone groups is 1. The summed E-state index contributed by atoms with van der Waals surface area (Å²) in [5, 5.41) is 4.04. The highest BCUT2D eigenvalue weighted by Gasteiger charge is 2.32. The molecule has 1 N–H and O–H groups in total. The van der Waals surface area contributed by atoms with Gasteiger partial charge in [0, 0.05) is 5.71 Å². The largest absolute Gasteiger partial charge is 0.273 e. The third-order valence-corrected chi connectivity index (χ3v) is 4.88. The maximum Gasteiger partial charge on any atom is 0.244 e. The van der Waals surface area contributed by atoms with Crippen LogP contribution in [0, 0.1) is 5.92 Å². The molecule has 5 nitrogen and oxygen atoms in total. The van der Waals surface area contributed by atoms with Gasteiger partial charge in [0.05, 0.1) is 17.4 Å². The molecular weight excluding hydrogens is 228 g/mol. The van der Waals surface area contributed by atoms with Gasteiger partial charge in [0.1, 0.15) is 0 Å². The molecule has 0 unspecified atom stereocenters. The zero-order valence-electron chi connectivity index (χ0n) is 9.11. The Labute approximate surface area is 95.2 Å². The molecule has 2 aliphatic rings. The van der Waals surface area contributed by atoms with Crippen LogP contribution in [0.25, 0.3) is 0 Å². The maximum absolute atomic E-state index is 11.6. The van der Waals surface area contributed by atoms with Crippen LogP contribution in [0.4, 0.5) is 0 Å². The Morgan fingerprint density at radius 3 is 2.56 bits per heavy atom. The van der Waals surface area contributed by atoms with Crippen LogP contribution in [-0.4, -0.2) is 31.5 Å². The van der Waals surface area contributed by atoms with Crippen LogP contribution in [0.15, 0.2) is 5.10 Å². The molecule has 1 amide bonds. The van der Waals surface area contributed by atoms with Gasteiger partial charge >= 0.3 is 0 Å². The van der Waals surface area contributed by atoms with E-state index in [1.54, 1.807) is 0 Å². The van der Waals surface area contributed by atoms with E-state index in [4.69, 9.17) is 0 Å². The summed E-state index contributed by atoms with van der Waals surface area (Å²) in [7, 11) is -2.99. The average molecular weight is 244 g/mol. The Morgan fingerprint density at radius 1 is 1.31 bits per heavy atom. The van der Waals surface area contributed by atoms with Gasteiger partial charge in [-0.25, -0.2) is 13.8 Å². The molecule has 1 saturated carbocycles. The molecular formula is C10H16N2O3S. The minimum Gasteiger partial charge on any atom is -0.273 e. The number of carbonyl (C=O) groups excluding carboxylic acids is 1. The molecule has 0 aromatic heterocycles. The first-order valence-corrected chi connectivity index (χ1v) is 7.45. The summed E-state index contributed by atoms with van der Waals surface area (Å²) in [4.78, 5) is 11.6. The van der Waals surface area contributed by atoms with Gasteiger partial charge in [-0.15, -0.1) is 0 Å². The predicted molar refractivity (Wildman–Crippen MR) is 60.8 cm³/mol. The monoisotopic (exact) mass is 244 g/mol. The average Bonchev–Trinajstić information content (AvgIpc) is 2.83. The molecule has 0 bridgehead atoms. The van der Waals surface area contributed by atoms with Crippen molar-refractivity contribution in [3.63, 3.8) is 0 Å². The standard InChI is InChI=1S/C10H16N2O3S/c13-10(8-5-6-16(14,15)7-8)12-11-9-3-1-2-4-9/h8H,1-7H2,(H,12,13)/t8-/m1/s1. The Balaban J connectivity index is 1.87. The summed E-state index contributed by atoms with van der Waals surface area (Å²) >= 11 is 0. The lowest BCUT2D eigenvalue weighted by atomic mass is 10.1. The van der Waals surface area contributed by atoms with Gasteiger partial charge in [-0.05, 0) is 32.1 Å². The summed E-state index contributed by atoms with van der Waals surface area (Å²) in [6.07, 6.45) is 4.59. The van der Waals surface area contributed by atoms with Crippen molar-refractivity contribution in [1.29, 1.82) is 0 Å². The minimum absolute atomic E-state index is 0.0241. The quantitative estimate of drug-likeness (QED) is 0.717. The van der Waals surface area contributed by atoms with Gasteiger partial charge in [-0.3, -0.25) is 4.79 Å². The minimum atomic E-state index is -2.99. The number of hydrogen-bond donors (Lipinski definition) is 1. The van der Waals surface area contributed by atoms with E-state index in [1.165, 1.54) is 0 Å². The van der Waals surface area contributed by atoms with Gasteiger partial charge in [-0.1, -0.05) is 0 Å². The Morgan fingerprint density at radius 2 is 2.00 bits per heavy atom. The van der Waals surface area contributed by atoms with Crippen LogP contribution >= 0.6 is 0 Å². The van der Waals surface area contributed by atoms with E-state index in [9.17, 15) is 13.2 Å². The molecule has 2 rings (SSSR count). The number of hydrogen-bond acceptors (Lipinski definition) is 4. The lowest BCUT2D eigenvalue weighted by Crippen LogP contribution is -2.28. The Bertz CT molecular complexity index is 406. The van der Waals surface area contributed by atoms with Gasteiger partial charge in [0.15, 0.2) is 9.84 Å². The third kappa shape index (κ3) is 2.81. The van der Waals surface area contributed by atoms with Crippen molar-refractivity contribution in [1.82, 2.24) is 5.43 Å². The zero-order chi connectivity index (χ0) is 11.6. The number of carbonyl (C=O) groups is 1. The Hall–Kier alpha value is -0.910. The number of nitrogens with one attached hydrogen (secondary N) is 1. The Kier molecular flexibility index (Phi) is 3.28. The van der Waals surface area contributed by atoms with Gasteiger partial charge in [0.25, 0.3) is 0 Å². The molecule has 2 fully saturated rings. The maximum atomic E-state index is 11.6. The molecule has 0 spiro atoms. The van der Waals surface area contributed by atoms with Crippen molar-refractivity contribution < 1.29 is 13.2 Å². The fraction of sp³-hybridized carbons (Fsp3) is 0.800. The van der Waals surface area contributed by atoms with E-state index in [2.05, 4.69) is 10.5 Å². The fourth-order valence-corrected chi connectivity index (χ4v) is 3.86. The van der Waals surface area contributed by atoms with Gasteiger partial charge < -0.3 is 0 Å². The number of rotatable bonds is 2. The van der Waals surface area contributed by atoms with E-state index in [1.807, 2.05) is 0 Å². The summed E-state index contributed by atoms with van der Waals surface area (Å²) < 4.78 is 22.4. The second-order valence-electron chi connectivity index (χ2n) is 4.46. The highest BCUT2D eigenvalue weighted by atomic mass is 32.2. The van der Waals surface area contributed by atoms with Crippen LogP contribution in [0.3, 0.4) is 0 Å². The van der Waals surface area contributed by atoms with E-state index in [-0.39, 0.29) is 17.4 Å². The van der Waals surface area contributed by atoms with Crippen molar-refractivity contribution in [3.8, 4) is 0 Å². The fourth-order valence-electron chi connectivity index (χ4n) is 2.12. The third-order valence-electron chi connectivity index (χ3n) is 3.11. The molecule has 1 aliphatic heterocycles. The lowest BCUT2D eigenvalue weighted by Gasteiger charge is -2.05. The topological polar surface area (TPSA) is 75.6 Å². The van der Waals surface area contributed by atoms with Crippen LogP contribution in [0.2, 0.25) is 0 Å². The van der Waals surface area contributed by atoms with Crippen molar-refractivity contribution >= 4 is 21.5 Å². The zero-order valence-corrected chi connectivity index (χ0v) is 9.92. The van der Waals surface area contributed by atoms with Crippen molar-refractivity contribution in [2.45, 2.75) is 32.1 Å². The van der Waals surface area contributed by atoms with E-state index in [0.717, 1.165) is 31.4 Å². The van der Waals surface area contributed by atoms with Crippen molar-refractivity contribution in [3.05, 3.63) is 0 Å². The molecule has 0 aromatic carbocycles. The molecule has 90 valence electrons. The highest BCUT2D eigenvalue weighted by Crippen LogP contribution is 2.18. The predicted octanol–water partition coefficient (Wildman–Crippen LogP) is 0.467. The van der Waals surface area contributed by atoms with Crippen molar-refractivity contribution in [2.24, 2.45) is 11.0 Å². The van der Waals surface area contributed by atoms with Crippen molar-refractivity contribution in [2.75, 3.05) is 11.5 Å². The second-order valence-corrected chi connectivity index (χ2v) is 6.69. The number of amides is 1. The summed E-state index contributed by atoms with van der Waals surface area (Å²) in [6.45, 7) is 0. The highest BCUT2D eigenvalue weighted by molar-refractivity contribution is 7.91. The van der Waals surface area contributed by atoms with E-state index >= 15 is 0 Å². The molecule has 0 aromatic rings. The van der Waals surface area contributed by atoms with Crippen LogP contribution in [0.1, 0.15) is 32.1 Å². The molecule has 6 heteroatoms. The number of hydrazone groups is 1. The van der Waals surface area contributed by atoms with Gasteiger partial charge in [0.2, 0.25) is 5.91 Å². The smallest absolute Gasteiger partial charge is 0.244 e. The summed E-state index contributed by atoms with van der Waals surface area (Å²) in [6, 6.07) is 0. The lowest BCUT2D eigenvalue weighted by molar-refractivity contribution is -0.124. The molecule has 1 atom stereocenters.